The molecule has 0 aliphatic carbocycles. The van der Waals surface area contributed by atoms with E-state index in [1.54, 1.807) is 12.0 Å². The van der Waals surface area contributed by atoms with E-state index >= 15 is 0 Å². The average Bonchev–Trinajstić information content (AvgIpc) is 3.09. The van der Waals surface area contributed by atoms with Crippen LogP contribution in [0.5, 0.6) is 5.75 Å². The predicted molar refractivity (Wildman–Crippen MR) is 117 cm³/mol. The van der Waals surface area contributed by atoms with E-state index in [0.29, 0.717) is 24.1 Å². The predicted octanol–water partition coefficient (Wildman–Crippen LogP) is 4.93. The highest BCUT2D eigenvalue weighted by molar-refractivity contribution is 6.04. The first-order valence-corrected chi connectivity index (χ1v) is 10.2. The van der Waals surface area contributed by atoms with Crippen LogP contribution in [0.1, 0.15) is 57.1 Å². The van der Waals surface area contributed by atoms with Crippen molar-refractivity contribution in [1.82, 2.24) is 0 Å². The van der Waals surface area contributed by atoms with Crippen molar-refractivity contribution in [1.29, 1.82) is 0 Å². The first-order chi connectivity index (χ1) is 13.8. The van der Waals surface area contributed by atoms with Crippen molar-refractivity contribution in [3.63, 3.8) is 0 Å². The topological polar surface area (TPSA) is 58.6 Å². The fraction of sp³-hybridized carbons (Fsp3) is 0.417. The minimum absolute atomic E-state index is 0.0420. The van der Waals surface area contributed by atoms with E-state index in [1.807, 2.05) is 30.3 Å². The van der Waals surface area contributed by atoms with E-state index in [1.165, 1.54) is 0 Å². The largest absolute Gasteiger partial charge is 0.497 e. The summed E-state index contributed by atoms with van der Waals surface area (Å²) < 4.78 is 5.26. The van der Waals surface area contributed by atoms with Gasteiger partial charge in [0, 0.05) is 30.4 Å². The van der Waals surface area contributed by atoms with Crippen molar-refractivity contribution >= 4 is 23.2 Å². The lowest BCUT2D eigenvalue weighted by molar-refractivity contribution is -0.122. The molecule has 2 aromatic carbocycles. The van der Waals surface area contributed by atoms with E-state index in [2.05, 4.69) is 45.1 Å². The van der Waals surface area contributed by atoms with Crippen molar-refractivity contribution in [2.24, 2.45) is 5.92 Å². The van der Waals surface area contributed by atoms with Crippen LogP contribution in [0.25, 0.3) is 0 Å². The first kappa shape index (κ1) is 20.9. The summed E-state index contributed by atoms with van der Waals surface area (Å²) >= 11 is 0. The van der Waals surface area contributed by atoms with E-state index in [0.717, 1.165) is 22.5 Å². The lowest BCUT2D eigenvalue weighted by Gasteiger charge is -2.22. The van der Waals surface area contributed by atoms with Crippen LogP contribution in [0.2, 0.25) is 0 Å². The molecule has 5 nitrogen and oxygen atoms in total. The standard InChI is InChI=1S/C24H30N2O3/c1-15(2)20-10-7-11-21(16(3)4)23(20)25-24(28)17-12-22(27)26(14-17)18-8-6-9-19(13-18)29-5/h6-11,13,15-17H,12,14H2,1-5H3,(H,25,28). The first-order valence-electron chi connectivity index (χ1n) is 10.2. The summed E-state index contributed by atoms with van der Waals surface area (Å²) in [5.41, 5.74) is 3.90. The summed E-state index contributed by atoms with van der Waals surface area (Å²) in [5.74, 6) is 0.757. The summed E-state index contributed by atoms with van der Waals surface area (Å²) in [6.07, 6.45) is 0.212. The van der Waals surface area contributed by atoms with E-state index in [9.17, 15) is 9.59 Å². The number of hydrogen-bond acceptors (Lipinski definition) is 3. The summed E-state index contributed by atoms with van der Waals surface area (Å²) in [7, 11) is 1.60. The SMILES string of the molecule is COc1cccc(N2CC(C(=O)Nc3c(C(C)C)cccc3C(C)C)CC2=O)c1. The lowest BCUT2D eigenvalue weighted by Crippen LogP contribution is -2.28. The third kappa shape index (κ3) is 4.44. The molecule has 1 aliphatic heterocycles. The molecule has 3 rings (SSSR count). The average molecular weight is 395 g/mol. The Labute approximate surface area is 173 Å². The lowest BCUT2D eigenvalue weighted by atomic mass is 9.92. The third-order valence-electron chi connectivity index (χ3n) is 5.48. The zero-order valence-corrected chi connectivity index (χ0v) is 17.9. The molecule has 1 atom stereocenters. The molecular formula is C24H30N2O3. The number of rotatable bonds is 6. The molecule has 1 heterocycles. The summed E-state index contributed by atoms with van der Waals surface area (Å²) in [4.78, 5) is 27.4. The highest BCUT2D eigenvalue weighted by Crippen LogP contribution is 2.34. The third-order valence-corrected chi connectivity index (χ3v) is 5.48. The van der Waals surface area contributed by atoms with Crippen molar-refractivity contribution in [3.8, 4) is 5.75 Å². The molecule has 2 amide bonds. The number of methoxy groups -OCH3 is 1. The second-order valence-electron chi connectivity index (χ2n) is 8.22. The van der Waals surface area contributed by atoms with Crippen LogP contribution in [-0.4, -0.2) is 25.5 Å². The number of carbonyl (C=O) groups is 2. The molecule has 0 spiro atoms. The molecular weight excluding hydrogens is 364 g/mol. The van der Waals surface area contributed by atoms with E-state index < -0.39 is 0 Å². The van der Waals surface area contributed by atoms with Gasteiger partial charge in [0.2, 0.25) is 11.8 Å². The maximum Gasteiger partial charge on any atom is 0.229 e. The van der Waals surface area contributed by atoms with Crippen molar-refractivity contribution in [2.45, 2.75) is 46.0 Å². The molecule has 1 unspecified atom stereocenters. The number of anilines is 2. The second kappa shape index (κ2) is 8.68. The van der Waals surface area contributed by atoms with Gasteiger partial charge < -0.3 is 15.0 Å². The Morgan fingerprint density at radius 1 is 1.07 bits per heavy atom. The molecule has 0 bridgehead atoms. The number of nitrogens with zero attached hydrogens (tertiary/aromatic N) is 1. The number of ether oxygens (including phenoxy) is 1. The highest BCUT2D eigenvalue weighted by Gasteiger charge is 2.35. The molecule has 2 aromatic rings. The van der Waals surface area contributed by atoms with Gasteiger partial charge in [-0.1, -0.05) is 52.0 Å². The molecule has 1 saturated heterocycles. The Bertz CT molecular complexity index is 878. The number of amides is 2. The molecule has 154 valence electrons. The van der Waals surface area contributed by atoms with Crippen LogP contribution in [0, 0.1) is 5.92 Å². The fourth-order valence-electron chi connectivity index (χ4n) is 3.83. The minimum atomic E-state index is -0.381. The van der Waals surface area contributed by atoms with E-state index in [4.69, 9.17) is 4.74 Å². The molecule has 0 saturated carbocycles. The Kier molecular flexibility index (Phi) is 6.26. The van der Waals surface area contributed by atoms with Crippen LogP contribution in [0.3, 0.4) is 0 Å². The summed E-state index contributed by atoms with van der Waals surface area (Å²) in [6, 6.07) is 13.6. The van der Waals surface area contributed by atoms with Gasteiger partial charge in [0.25, 0.3) is 0 Å². The van der Waals surface area contributed by atoms with Crippen molar-refractivity contribution in [3.05, 3.63) is 53.6 Å². The Morgan fingerprint density at radius 3 is 2.28 bits per heavy atom. The normalized spacial score (nSPS) is 16.6. The zero-order valence-electron chi connectivity index (χ0n) is 17.9. The quantitative estimate of drug-likeness (QED) is 0.755. The van der Waals surface area contributed by atoms with Crippen LogP contribution in [0.4, 0.5) is 11.4 Å². The smallest absolute Gasteiger partial charge is 0.229 e. The van der Waals surface area contributed by atoms with Gasteiger partial charge in [-0.3, -0.25) is 9.59 Å². The molecule has 5 heteroatoms. The fourth-order valence-corrected chi connectivity index (χ4v) is 3.83. The number of nitrogens with one attached hydrogen (secondary N) is 1. The van der Waals surface area contributed by atoms with Gasteiger partial charge in [-0.25, -0.2) is 0 Å². The van der Waals surface area contributed by atoms with Gasteiger partial charge in [-0.2, -0.15) is 0 Å². The number of para-hydroxylation sites is 1. The Morgan fingerprint density at radius 2 is 1.69 bits per heavy atom. The van der Waals surface area contributed by atoms with E-state index in [-0.39, 0.29) is 24.2 Å². The van der Waals surface area contributed by atoms with Gasteiger partial charge in [0.15, 0.2) is 0 Å². The maximum atomic E-state index is 13.1. The van der Waals surface area contributed by atoms with Gasteiger partial charge in [0.1, 0.15) is 5.75 Å². The van der Waals surface area contributed by atoms with Crippen molar-refractivity contribution < 1.29 is 14.3 Å². The molecule has 1 aliphatic rings. The molecule has 29 heavy (non-hydrogen) atoms. The van der Waals surface area contributed by atoms with Crippen LogP contribution in [-0.2, 0) is 9.59 Å². The second-order valence-corrected chi connectivity index (χ2v) is 8.22. The molecule has 1 fully saturated rings. The minimum Gasteiger partial charge on any atom is -0.497 e. The summed E-state index contributed by atoms with van der Waals surface area (Å²) in [6.45, 7) is 8.87. The van der Waals surface area contributed by atoms with Gasteiger partial charge >= 0.3 is 0 Å². The van der Waals surface area contributed by atoms with Crippen LogP contribution in [0.15, 0.2) is 42.5 Å². The Balaban J connectivity index is 1.81. The molecule has 0 radical (unpaired) electrons. The number of carbonyl (C=O) groups excluding carboxylic acids is 2. The molecule has 0 aromatic heterocycles. The number of benzene rings is 2. The van der Waals surface area contributed by atoms with Gasteiger partial charge in [-0.15, -0.1) is 0 Å². The van der Waals surface area contributed by atoms with Crippen molar-refractivity contribution in [2.75, 3.05) is 23.9 Å². The number of hydrogen-bond donors (Lipinski definition) is 1. The van der Waals surface area contributed by atoms with Gasteiger partial charge in [-0.05, 0) is 35.1 Å². The maximum absolute atomic E-state index is 13.1. The van der Waals surface area contributed by atoms with Crippen LogP contribution < -0.4 is 15.0 Å². The molecule has 1 N–H and O–H groups in total. The monoisotopic (exact) mass is 394 g/mol. The highest BCUT2D eigenvalue weighted by atomic mass is 16.5. The summed E-state index contributed by atoms with van der Waals surface area (Å²) in [5, 5.41) is 3.16. The zero-order chi connectivity index (χ0) is 21.1. The Hall–Kier alpha value is -2.82. The van der Waals surface area contributed by atoms with Gasteiger partial charge in [0.05, 0.1) is 13.0 Å². The van der Waals surface area contributed by atoms with Crippen LogP contribution >= 0.6 is 0 Å².